The summed E-state index contributed by atoms with van der Waals surface area (Å²) in [5, 5.41) is 0. The summed E-state index contributed by atoms with van der Waals surface area (Å²) in [6.45, 7) is 4.56. The molecule has 2 unspecified atom stereocenters. The van der Waals surface area contributed by atoms with Crippen LogP contribution in [0.2, 0.25) is 0 Å². The molecule has 0 radical (unpaired) electrons. The molecule has 0 saturated heterocycles. The molecule has 0 spiro atoms. The maximum Gasteiger partial charge on any atom is 0.472 e. The van der Waals surface area contributed by atoms with Crippen LogP contribution in [0.1, 0.15) is 142 Å². The van der Waals surface area contributed by atoms with Crippen LogP contribution in [0.5, 0.6) is 0 Å². The van der Waals surface area contributed by atoms with E-state index in [0.29, 0.717) is 6.61 Å². The molecule has 0 amide bonds. The van der Waals surface area contributed by atoms with Gasteiger partial charge in [0.05, 0.1) is 19.8 Å². The quantitative estimate of drug-likeness (QED) is 0.0273. The Morgan fingerprint density at radius 3 is 1.39 bits per heavy atom. The Hall–Kier alpha value is -2.84. The topological polar surface area (TPSA) is 117 Å². The number of phosphoric ester groups is 1. The fourth-order valence-electron chi connectivity index (χ4n) is 5.13. The van der Waals surface area contributed by atoms with E-state index >= 15 is 0 Å². The van der Waals surface area contributed by atoms with E-state index in [1.807, 2.05) is 0 Å². The van der Waals surface area contributed by atoms with Crippen molar-refractivity contribution in [3.8, 4) is 0 Å². The second-order valence-electron chi connectivity index (χ2n) is 13.4. The van der Waals surface area contributed by atoms with Crippen LogP contribution in [0.25, 0.3) is 0 Å². The van der Waals surface area contributed by atoms with E-state index in [-0.39, 0.29) is 38.8 Å². The van der Waals surface area contributed by atoms with Gasteiger partial charge in [-0.15, -0.1) is 0 Å². The third-order valence-electron chi connectivity index (χ3n) is 8.19. The molecule has 3 N–H and O–H groups in total. The Morgan fingerprint density at radius 2 is 0.946 bits per heavy atom. The summed E-state index contributed by atoms with van der Waals surface area (Å²) in [5.41, 5.74) is 5.36. The smallest absolute Gasteiger partial charge is 0.457 e. The van der Waals surface area contributed by atoms with Crippen molar-refractivity contribution in [2.24, 2.45) is 5.73 Å². The highest BCUT2D eigenvalue weighted by Crippen LogP contribution is 2.43. The van der Waals surface area contributed by atoms with Crippen LogP contribution in [0, 0.1) is 0 Å². The van der Waals surface area contributed by atoms with Crippen LogP contribution in [0.3, 0.4) is 0 Å². The van der Waals surface area contributed by atoms with Crippen LogP contribution in [-0.4, -0.2) is 49.9 Å². The monoisotopic (exact) mass is 800 g/mol. The largest absolute Gasteiger partial charge is 0.472 e. The number of nitrogens with two attached hydrogens (primary N) is 1. The Balaban J connectivity index is 4.16. The fraction of sp³-hybridized carbons (Fsp3) is 0.596. The Kier molecular flexibility index (Phi) is 41.1. The SMILES string of the molecule is CC/C=C\C/C=C\C/C=C\C/C=C\C/C=C\C/C=C\CCCCCCC(=O)OC(COCCCCCC/C=C\C/C=C\C/C=C\CC)COP(=O)(O)OCCN. The Labute approximate surface area is 342 Å². The number of hydrogen-bond acceptors (Lipinski definition) is 7. The van der Waals surface area contributed by atoms with Crippen molar-refractivity contribution in [2.45, 2.75) is 148 Å². The molecule has 0 saturated carbocycles. The van der Waals surface area contributed by atoms with Gasteiger partial charge in [-0.05, 0) is 96.3 Å². The average Bonchev–Trinajstić information content (AvgIpc) is 3.19. The lowest BCUT2D eigenvalue weighted by Gasteiger charge is -2.20. The normalized spacial score (nSPS) is 14.6. The molecular formula is C47H78NO7P. The van der Waals surface area contributed by atoms with Crippen molar-refractivity contribution < 1.29 is 32.8 Å². The summed E-state index contributed by atoms with van der Waals surface area (Å²) < 4.78 is 33.3. The van der Waals surface area contributed by atoms with Gasteiger partial charge in [-0.25, -0.2) is 4.57 Å². The van der Waals surface area contributed by atoms with Crippen LogP contribution >= 0.6 is 7.82 Å². The van der Waals surface area contributed by atoms with Gasteiger partial charge in [-0.1, -0.05) is 149 Å². The Bertz CT molecular complexity index is 1210. The summed E-state index contributed by atoms with van der Waals surface area (Å²) in [5.74, 6) is -0.369. The number of allylic oxidation sites excluding steroid dienone is 18. The first-order valence-corrected chi connectivity index (χ1v) is 22.9. The van der Waals surface area contributed by atoms with Gasteiger partial charge >= 0.3 is 13.8 Å². The number of carbonyl (C=O) groups excluding carboxylic acids is 1. The predicted molar refractivity (Wildman–Crippen MR) is 237 cm³/mol. The number of ether oxygens (including phenoxy) is 2. The summed E-state index contributed by atoms with van der Waals surface area (Å²) in [6.07, 6.45) is 58.2. The van der Waals surface area contributed by atoms with Gasteiger partial charge in [-0.2, -0.15) is 0 Å². The summed E-state index contributed by atoms with van der Waals surface area (Å²) in [6, 6.07) is 0. The van der Waals surface area contributed by atoms with E-state index in [0.717, 1.165) is 122 Å². The molecule has 0 aromatic rings. The number of phosphoric acid groups is 1. The van der Waals surface area contributed by atoms with E-state index in [1.165, 1.54) is 0 Å². The zero-order valence-corrected chi connectivity index (χ0v) is 36.0. The molecule has 0 aliphatic heterocycles. The maximum absolute atomic E-state index is 12.6. The van der Waals surface area contributed by atoms with Gasteiger partial charge in [-0.3, -0.25) is 13.8 Å². The number of unbranched alkanes of at least 4 members (excludes halogenated alkanes) is 8. The number of hydrogen-bond donors (Lipinski definition) is 2. The molecule has 8 nitrogen and oxygen atoms in total. The molecule has 0 aromatic heterocycles. The van der Waals surface area contributed by atoms with Gasteiger partial charge in [0, 0.05) is 19.6 Å². The van der Waals surface area contributed by atoms with Crippen molar-refractivity contribution >= 4 is 13.8 Å². The summed E-state index contributed by atoms with van der Waals surface area (Å²) in [4.78, 5) is 22.5. The highest BCUT2D eigenvalue weighted by atomic mass is 31.2. The molecule has 9 heteroatoms. The number of carbonyl (C=O) groups is 1. The van der Waals surface area contributed by atoms with E-state index in [9.17, 15) is 14.3 Å². The van der Waals surface area contributed by atoms with Crippen molar-refractivity contribution in [2.75, 3.05) is 33.0 Å². The van der Waals surface area contributed by atoms with E-state index in [1.54, 1.807) is 0 Å². The second-order valence-corrected chi connectivity index (χ2v) is 14.9. The minimum Gasteiger partial charge on any atom is -0.457 e. The van der Waals surface area contributed by atoms with E-state index in [4.69, 9.17) is 24.3 Å². The third kappa shape index (κ3) is 42.3. The molecule has 0 fully saturated rings. The average molecular weight is 800 g/mol. The summed E-state index contributed by atoms with van der Waals surface area (Å²) in [7, 11) is -4.30. The van der Waals surface area contributed by atoms with Gasteiger partial charge in [0.2, 0.25) is 0 Å². The van der Waals surface area contributed by atoms with Gasteiger partial charge in [0.25, 0.3) is 0 Å². The van der Waals surface area contributed by atoms with E-state index in [2.05, 4.69) is 123 Å². The second kappa shape index (κ2) is 43.3. The predicted octanol–water partition coefficient (Wildman–Crippen LogP) is 12.9. The van der Waals surface area contributed by atoms with Crippen molar-refractivity contribution in [1.29, 1.82) is 0 Å². The van der Waals surface area contributed by atoms with Gasteiger partial charge in [0.15, 0.2) is 0 Å². The molecule has 0 aliphatic carbocycles. The standard InChI is InChI=1S/C47H78NO7P/c1-3-5-7-9-11-13-15-17-19-20-21-22-23-24-25-26-27-28-30-32-34-36-38-40-47(49)55-46(45-54-56(50,51)53-43-41-48)44-52-42-39-37-35-33-31-29-18-16-14-12-10-8-6-4-2/h5-8,11-14,17-19,21-22,24-25,27-29,46H,3-4,9-10,15-16,20,23,26,30-45,48H2,1-2H3,(H,50,51)/b7-5-,8-6-,13-11-,14-12-,19-17-,22-21-,25-24-,28-27-,29-18-. The lowest BCUT2D eigenvalue weighted by Crippen LogP contribution is -2.28. The molecule has 0 aliphatic rings. The highest BCUT2D eigenvalue weighted by molar-refractivity contribution is 7.47. The Morgan fingerprint density at radius 1 is 0.536 bits per heavy atom. The first kappa shape index (κ1) is 53.2. The van der Waals surface area contributed by atoms with Crippen molar-refractivity contribution in [1.82, 2.24) is 0 Å². The fourth-order valence-corrected chi connectivity index (χ4v) is 5.89. The summed E-state index contributed by atoms with van der Waals surface area (Å²) >= 11 is 0. The zero-order chi connectivity index (χ0) is 40.9. The number of esters is 1. The first-order valence-electron chi connectivity index (χ1n) is 21.4. The van der Waals surface area contributed by atoms with Gasteiger partial charge < -0.3 is 20.1 Å². The molecule has 0 heterocycles. The molecule has 318 valence electrons. The molecular weight excluding hydrogens is 721 g/mol. The van der Waals surface area contributed by atoms with Crippen LogP contribution < -0.4 is 5.73 Å². The minimum absolute atomic E-state index is 0.0824. The lowest BCUT2D eigenvalue weighted by atomic mass is 10.1. The minimum atomic E-state index is -4.30. The van der Waals surface area contributed by atoms with Crippen LogP contribution in [0.4, 0.5) is 0 Å². The zero-order valence-electron chi connectivity index (χ0n) is 35.1. The molecule has 0 bridgehead atoms. The molecule has 56 heavy (non-hydrogen) atoms. The maximum atomic E-state index is 12.6. The lowest BCUT2D eigenvalue weighted by molar-refractivity contribution is -0.154. The van der Waals surface area contributed by atoms with Crippen molar-refractivity contribution in [3.05, 3.63) is 109 Å². The molecule has 0 rings (SSSR count). The van der Waals surface area contributed by atoms with E-state index < -0.39 is 13.9 Å². The van der Waals surface area contributed by atoms with Crippen LogP contribution in [0.15, 0.2) is 109 Å². The van der Waals surface area contributed by atoms with Crippen LogP contribution in [-0.2, 0) is 27.9 Å². The number of rotatable bonds is 39. The highest BCUT2D eigenvalue weighted by Gasteiger charge is 2.25. The molecule has 0 aromatic carbocycles. The third-order valence-corrected chi connectivity index (χ3v) is 9.17. The molecule has 2 atom stereocenters. The first-order chi connectivity index (χ1) is 27.4. The van der Waals surface area contributed by atoms with Crippen molar-refractivity contribution in [3.63, 3.8) is 0 Å². The van der Waals surface area contributed by atoms with Gasteiger partial charge in [0.1, 0.15) is 6.10 Å².